The predicted octanol–water partition coefficient (Wildman–Crippen LogP) is 2.81. The standard InChI is InChI=1S/C13H11BrN2O2S/c14-11-4-2-1-3-10(11)12(17)16-7-9(8-16)18-13-15-5-6-19-13/h1-6,9H,7-8H2. The number of nitrogens with zero attached hydrogens (tertiary/aromatic N) is 2. The SMILES string of the molecule is O=C(c1ccccc1Br)N1CC(Oc2nccs2)C1. The molecule has 2 heterocycles. The fourth-order valence-corrected chi connectivity index (χ4v) is 2.90. The quantitative estimate of drug-likeness (QED) is 0.864. The summed E-state index contributed by atoms with van der Waals surface area (Å²) in [6.45, 7) is 1.22. The Morgan fingerprint density at radius 3 is 2.89 bits per heavy atom. The van der Waals surface area contributed by atoms with Crippen molar-refractivity contribution < 1.29 is 9.53 Å². The monoisotopic (exact) mass is 338 g/mol. The van der Waals surface area contributed by atoms with Crippen molar-refractivity contribution >= 4 is 33.2 Å². The van der Waals surface area contributed by atoms with E-state index in [0.29, 0.717) is 23.8 Å². The molecule has 1 aliphatic rings. The number of likely N-dealkylation sites (tertiary alicyclic amines) is 1. The van der Waals surface area contributed by atoms with E-state index in [1.807, 2.05) is 29.6 Å². The molecule has 3 rings (SSSR count). The van der Waals surface area contributed by atoms with Crippen molar-refractivity contribution in [2.24, 2.45) is 0 Å². The van der Waals surface area contributed by atoms with Crippen molar-refractivity contribution in [1.82, 2.24) is 9.88 Å². The number of rotatable bonds is 3. The summed E-state index contributed by atoms with van der Waals surface area (Å²) in [6.07, 6.45) is 1.76. The first-order chi connectivity index (χ1) is 9.24. The van der Waals surface area contributed by atoms with Crippen LogP contribution < -0.4 is 4.74 Å². The van der Waals surface area contributed by atoms with Gasteiger partial charge in [-0.1, -0.05) is 23.5 Å². The van der Waals surface area contributed by atoms with Gasteiger partial charge in [0.1, 0.15) is 6.10 Å². The van der Waals surface area contributed by atoms with Gasteiger partial charge in [0.2, 0.25) is 0 Å². The van der Waals surface area contributed by atoms with Crippen molar-refractivity contribution in [3.8, 4) is 5.19 Å². The Balaban J connectivity index is 1.59. The van der Waals surface area contributed by atoms with Crippen molar-refractivity contribution in [1.29, 1.82) is 0 Å². The molecule has 1 aromatic heterocycles. The average Bonchev–Trinajstić information content (AvgIpc) is 2.86. The maximum Gasteiger partial charge on any atom is 0.273 e. The number of hydrogen-bond acceptors (Lipinski definition) is 4. The number of carbonyl (C=O) groups excluding carboxylic acids is 1. The second-order valence-corrected chi connectivity index (χ2v) is 5.94. The maximum absolute atomic E-state index is 12.2. The molecule has 98 valence electrons. The molecule has 0 saturated carbocycles. The van der Waals surface area contributed by atoms with Crippen LogP contribution in [0.5, 0.6) is 5.19 Å². The summed E-state index contributed by atoms with van der Waals surface area (Å²) < 4.78 is 6.46. The first kappa shape index (κ1) is 12.6. The number of halogens is 1. The van der Waals surface area contributed by atoms with Crippen molar-refractivity contribution in [2.75, 3.05) is 13.1 Å². The molecule has 1 amide bonds. The smallest absolute Gasteiger partial charge is 0.273 e. The number of benzene rings is 1. The molecule has 6 heteroatoms. The van der Waals surface area contributed by atoms with Gasteiger partial charge in [-0.25, -0.2) is 4.98 Å². The Hall–Kier alpha value is -1.40. The Morgan fingerprint density at radius 1 is 1.42 bits per heavy atom. The molecule has 1 saturated heterocycles. The van der Waals surface area contributed by atoms with Gasteiger partial charge in [0, 0.05) is 16.0 Å². The number of amides is 1. The molecule has 0 unspecified atom stereocenters. The first-order valence-electron chi connectivity index (χ1n) is 5.84. The van der Waals surface area contributed by atoms with Gasteiger partial charge in [-0.2, -0.15) is 0 Å². The fraction of sp³-hybridized carbons (Fsp3) is 0.231. The number of thiazole rings is 1. The largest absolute Gasteiger partial charge is 0.463 e. The van der Waals surface area contributed by atoms with Gasteiger partial charge in [0.05, 0.1) is 18.7 Å². The minimum Gasteiger partial charge on any atom is -0.463 e. The van der Waals surface area contributed by atoms with Gasteiger partial charge in [0.25, 0.3) is 11.1 Å². The highest BCUT2D eigenvalue weighted by Crippen LogP contribution is 2.24. The van der Waals surface area contributed by atoms with E-state index in [1.165, 1.54) is 11.3 Å². The van der Waals surface area contributed by atoms with E-state index in [9.17, 15) is 4.79 Å². The number of ether oxygens (including phenoxy) is 1. The number of hydrogen-bond donors (Lipinski definition) is 0. The molecule has 1 aliphatic heterocycles. The molecular weight excluding hydrogens is 328 g/mol. The molecule has 0 bridgehead atoms. The third-order valence-electron chi connectivity index (χ3n) is 2.92. The van der Waals surface area contributed by atoms with Gasteiger partial charge < -0.3 is 9.64 Å². The molecular formula is C13H11BrN2O2S. The lowest BCUT2D eigenvalue weighted by atomic mass is 10.1. The molecule has 19 heavy (non-hydrogen) atoms. The number of aromatic nitrogens is 1. The summed E-state index contributed by atoms with van der Waals surface area (Å²) in [5, 5.41) is 2.54. The Kier molecular flexibility index (Phi) is 3.52. The second-order valence-electron chi connectivity index (χ2n) is 4.23. The van der Waals surface area contributed by atoms with Gasteiger partial charge in [0.15, 0.2) is 0 Å². The van der Waals surface area contributed by atoms with E-state index in [1.54, 1.807) is 11.1 Å². The Labute approximate surface area is 123 Å². The summed E-state index contributed by atoms with van der Waals surface area (Å²) in [5.41, 5.74) is 0.690. The summed E-state index contributed by atoms with van der Waals surface area (Å²) >= 11 is 4.86. The summed E-state index contributed by atoms with van der Waals surface area (Å²) in [6, 6.07) is 7.45. The van der Waals surface area contributed by atoms with Crippen molar-refractivity contribution in [2.45, 2.75) is 6.10 Å². The van der Waals surface area contributed by atoms with Crippen LogP contribution in [0, 0.1) is 0 Å². The third kappa shape index (κ3) is 2.64. The van der Waals surface area contributed by atoms with Gasteiger partial charge in [-0.05, 0) is 28.1 Å². The van der Waals surface area contributed by atoms with E-state index in [2.05, 4.69) is 20.9 Å². The van der Waals surface area contributed by atoms with E-state index < -0.39 is 0 Å². The normalized spacial score (nSPS) is 15.1. The molecule has 2 aromatic rings. The molecule has 1 fully saturated rings. The lowest BCUT2D eigenvalue weighted by Crippen LogP contribution is -2.56. The van der Waals surface area contributed by atoms with Gasteiger partial charge in [-0.15, -0.1) is 0 Å². The zero-order chi connectivity index (χ0) is 13.2. The lowest BCUT2D eigenvalue weighted by Gasteiger charge is -2.38. The van der Waals surface area contributed by atoms with Crippen LogP contribution >= 0.6 is 27.3 Å². The van der Waals surface area contributed by atoms with Gasteiger partial charge in [-0.3, -0.25) is 4.79 Å². The molecule has 0 N–H and O–H groups in total. The average molecular weight is 339 g/mol. The zero-order valence-electron chi connectivity index (χ0n) is 9.95. The molecule has 0 radical (unpaired) electrons. The van der Waals surface area contributed by atoms with E-state index >= 15 is 0 Å². The molecule has 1 aromatic carbocycles. The van der Waals surface area contributed by atoms with E-state index in [-0.39, 0.29) is 12.0 Å². The highest BCUT2D eigenvalue weighted by Gasteiger charge is 2.33. The fourth-order valence-electron chi connectivity index (χ4n) is 1.89. The van der Waals surface area contributed by atoms with Crippen LogP contribution in [0.4, 0.5) is 0 Å². The van der Waals surface area contributed by atoms with Crippen LogP contribution in [0.3, 0.4) is 0 Å². The predicted molar refractivity (Wildman–Crippen MR) is 76.6 cm³/mol. The summed E-state index contributed by atoms with van der Waals surface area (Å²) in [5.74, 6) is 0.0338. The van der Waals surface area contributed by atoms with Gasteiger partial charge >= 0.3 is 0 Å². The van der Waals surface area contributed by atoms with Crippen molar-refractivity contribution in [3.05, 3.63) is 45.9 Å². The van der Waals surface area contributed by atoms with Crippen LogP contribution in [0.2, 0.25) is 0 Å². The Morgan fingerprint density at radius 2 is 2.21 bits per heavy atom. The summed E-state index contributed by atoms with van der Waals surface area (Å²) in [4.78, 5) is 18.1. The topological polar surface area (TPSA) is 42.4 Å². The summed E-state index contributed by atoms with van der Waals surface area (Å²) in [7, 11) is 0. The first-order valence-corrected chi connectivity index (χ1v) is 7.51. The van der Waals surface area contributed by atoms with Crippen LogP contribution in [-0.2, 0) is 0 Å². The highest BCUT2D eigenvalue weighted by molar-refractivity contribution is 9.10. The van der Waals surface area contributed by atoms with Crippen LogP contribution in [0.1, 0.15) is 10.4 Å². The van der Waals surface area contributed by atoms with Crippen molar-refractivity contribution in [3.63, 3.8) is 0 Å². The molecule has 0 aliphatic carbocycles. The van der Waals surface area contributed by atoms with Crippen LogP contribution in [0.15, 0.2) is 40.3 Å². The lowest BCUT2D eigenvalue weighted by molar-refractivity contribution is 0.0176. The Bertz CT molecular complexity index is 582. The van der Waals surface area contributed by atoms with Crippen LogP contribution in [-0.4, -0.2) is 35.0 Å². The molecule has 0 atom stereocenters. The third-order valence-corrected chi connectivity index (χ3v) is 4.27. The highest BCUT2D eigenvalue weighted by atomic mass is 79.9. The minimum atomic E-state index is 0.0338. The van der Waals surface area contributed by atoms with E-state index in [4.69, 9.17) is 4.74 Å². The minimum absolute atomic E-state index is 0.0338. The number of carbonyl (C=O) groups is 1. The zero-order valence-corrected chi connectivity index (χ0v) is 12.4. The molecule has 4 nitrogen and oxygen atoms in total. The second kappa shape index (κ2) is 5.30. The van der Waals surface area contributed by atoms with E-state index in [0.717, 1.165) is 4.47 Å². The van der Waals surface area contributed by atoms with Crippen LogP contribution in [0.25, 0.3) is 0 Å². The maximum atomic E-state index is 12.2. The molecule has 0 spiro atoms.